The first-order valence-corrected chi connectivity index (χ1v) is 7.44. The molecule has 0 heterocycles. The highest BCUT2D eigenvalue weighted by atomic mass is 79.9. The van der Waals surface area contributed by atoms with Crippen LogP contribution in [0.5, 0.6) is 0 Å². The molecule has 104 valence electrons. The molecule has 0 amide bonds. The largest absolute Gasteiger partial charge is 0.357 e. The third-order valence-electron chi connectivity index (χ3n) is 3.00. The lowest BCUT2D eigenvalue weighted by molar-refractivity contribution is 0.618. The summed E-state index contributed by atoms with van der Waals surface area (Å²) in [5.74, 6) is 1.36. The smallest absolute Gasteiger partial charge is 0.191 e. The second kappa shape index (κ2) is 6.89. The maximum absolute atomic E-state index is 13.4. The summed E-state index contributed by atoms with van der Waals surface area (Å²) in [6.07, 6.45) is 2.62. The van der Waals surface area contributed by atoms with Gasteiger partial charge in [0, 0.05) is 13.1 Å². The molecule has 1 aliphatic carbocycles. The van der Waals surface area contributed by atoms with Gasteiger partial charge in [-0.1, -0.05) is 6.07 Å². The summed E-state index contributed by atoms with van der Waals surface area (Å²) in [6, 6.07) is 5.10. The zero-order chi connectivity index (χ0) is 13.7. The molecule has 19 heavy (non-hydrogen) atoms. The number of nitrogens with one attached hydrogen (secondary N) is 2. The van der Waals surface area contributed by atoms with Crippen LogP contribution in [-0.2, 0) is 6.54 Å². The number of halogens is 2. The van der Waals surface area contributed by atoms with Crippen LogP contribution in [0, 0.1) is 11.7 Å². The molecule has 0 aliphatic heterocycles. The summed E-state index contributed by atoms with van der Waals surface area (Å²) < 4.78 is 13.9. The lowest BCUT2D eigenvalue weighted by Gasteiger charge is -2.10. The normalized spacial score (nSPS) is 15.4. The van der Waals surface area contributed by atoms with Gasteiger partial charge in [0.05, 0.1) is 11.0 Å². The van der Waals surface area contributed by atoms with Crippen LogP contribution in [-0.4, -0.2) is 19.0 Å². The van der Waals surface area contributed by atoms with E-state index in [-0.39, 0.29) is 5.82 Å². The third kappa shape index (κ3) is 4.82. The molecule has 1 aliphatic rings. The van der Waals surface area contributed by atoms with E-state index in [1.165, 1.54) is 18.9 Å². The zero-order valence-corrected chi connectivity index (χ0v) is 12.6. The Morgan fingerprint density at radius 2 is 2.21 bits per heavy atom. The van der Waals surface area contributed by atoms with Crippen molar-refractivity contribution in [3.8, 4) is 0 Å². The second-order valence-electron chi connectivity index (χ2n) is 4.77. The van der Waals surface area contributed by atoms with Crippen molar-refractivity contribution in [2.75, 3.05) is 13.1 Å². The summed E-state index contributed by atoms with van der Waals surface area (Å²) in [4.78, 5) is 4.47. The molecule has 0 aromatic heterocycles. The molecule has 0 atom stereocenters. The van der Waals surface area contributed by atoms with Gasteiger partial charge in [0.2, 0.25) is 0 Å². The number of nitrogens with zero attached hydrogens (tertiary/aromatic N) is 1. The van der Waals surface area contributed by atoms with Crippen LogP contribution in [0.1, 0.15) is 25.3 Å². The van der Waals surface area contributed by atoms with Crippen molar-refractivity contribution in [1.82, 2.24) is 10.6 Å². The Morgan fingerprint density at radius 1 is 1.42 bits per heavy atom. The number of rotatable bonds is 5. The van der Waals surface area contributed by atoms with E-state index in [2.05, 4.69) is 31.6 Å². The van der Waals surface area contributed by atoms with Gasteiger partial charge in [-0.25, -0.2) is 9.38 Å². The minimum atomic E-state index is -0.247. The minimum Gasteiger partial charge on any atom is -0.357 e. The van der Waals surface area contributed by atoms with E-state index in [9.17, 15) is 4.39 Å². The van der Waals surface area contributed by atoms with Gasteiger partial charge in [0.15, 0.2) is 5.96 Å². The number of aliphatic imine (C=N–C) groups is 1. The lowest BCUT2D eigenvalue weighted by Crippen LogP contribution is -2.38. The fourth-order valence-electron chi connectivity index (χ4n) is 1.71. The second-order valence-corrected chi connectivity index (χ2v) is 5.62. The standard InChI is InChI=1S/C14H19BrFN3/c1-2-17-14(18-8-10-3-4-10)19-9-11-5-6-12(15)13(16)7-11/h5-7,10H,2-4,8-9H2,1H3,(H2,17,18,19). The van der Waals surface area contributed by atoms with E-state index in [0.717, 1.165) is 30.5 Å². The van der Waals surface area contributed by atoms with Crippen molar-refractivity contribution in [3.63, 3.8) is 0 Å². The molecule has 0 bridgehead atoms. The van der Waals surface area contributed by atoms with Crippen LogP contribution >= 0.6 is 15.9 Å². The van der Waals surface area contributed by atoms with Crippen molar-refractivity contribution in [3.05, 3.63) is 34.1 Å². The van der Waals surface area contributed by atoms with Gasteiger partial charge in [0.25, 0.3) is 0 Å². The maximum Gasteiger partial charge on any atom is 0.191 e. The third-order valence-corrected chi connectivity index (χ3v) is 3.65. The lowest BCUT2D eigenvalue weighted by atomic mass is 10.2. The topological polar surface area (TPSA) is 36.4 Å². The molecule has 0 saturated heterocycles. The highest BCUT2D eigenvalue weighted by molar-refractivity contribution is 9.10. The van der Waals surface area contributed by atoms with Crippen LogP contribution in [0.15, 0.2) is 27.7 Å². The van der Waals surface area contributed by atoms with E-state index in [4.69, 9.17) is 0 Å². The minimum absolute atomic E-state index is 0.247. The first-order chi connectivity index (χ1) is 9.19. The Labute approximate surface area is 121 Å². The summed E-state index contributed by atoms with van der Waals surface area (Å²) in [5.41, 5.74) is 0.865. The van der Waals surface area contributed by atoms with Crippen LogP contribution < -0.4 is 10.6 Å². The molecular weight excluding hydrogens is 309 g/mol. The predicted octanol–water partition coefficient (Wildman–Crippen LogP) is 3.05. The molecule has 1 saturated carbocycles. The highest BCUT2D eigenvalue weighted by Crippen LogP contribution is 2.27. The number of hydrogen-bond acceptors (Lipinski definition) is 1. The molecule has 3 nitrogen and oxygen atoms in total. The van der Waals surface area contributed by atoms with E-state index < -0.39 is 0 Å². The Balaban J connectivity index is 1.93. The van der Waals surface area contributed by atoms with Crippen LogP contribution in [0.2, 0.25) is 0 Å². The summed E-state index contributed by atoms with van der Waals surface area (Å²) in [7, 11) is 0. The van der Waals surface area contributed by atoms with Crippen molar-refractivity contribution in [2.24, 2.45) is 10.9 Å². The molecular formula is C14H19BrFN3. The van der Waals surface area contributed by atoms with E-state index in [1.807, 2.05) is 13.0 Å². The van der Waals surface area contributed by atoms with Gasteiger partial charge in [-0.2, -0.15) is 0 Å². The van der Waals surface area contributed by atoms with Crippen LogP contribution in [0.25, 0.3) is 0 Å². The summed E-state index contributed by atoms with van der Waals surface area (Å²) in [6.45, 7) is 4.31. The molecule has 0 unspecified atom stereocenters. The average molecular weight is 328 g/mol. The maximum atomic E-state index is 13.4. The van der Waals surface area contributed by atoms with Gasteiger partial charge in [-0.05, 0) is 59.3 Å². The van der Waals surface area contributed by atoms with E-state index >= 15 is 0 Å². The molecule has 0 spiro atoms. The molecule has 1 aromatic rings. The first-order valence-electron chi connectivity index (χ1n) is 6.65. The number of benzene rings is 1. The van der Waals surface area contributed by atoms with E-state index in [1.54, 1.807) is 6.07 Å². The van der Waals surface area contributed by atoms with Crippen LogP contribution in [0.3, 0.4) is 0 Å². The molecule has 1 aromatic carbocycles. The fraction of sp³-hybridized carbons (Fsp3) is 0.500. The fourth-order valence-corrected chi connectivity index (χ4v) is 1.96. The Hall–Kier alpha value is -1.10. The number of guanidine groups is 1. The Kier molecular flexibility index (Phi) is 5.19. The SMILES string of the molecule is CCNC(=NCc1ccc(Br)c(F)c1)NCC1CC1. The predicted molar refractivity (Wildman–Crippen MR) is 79.6 cm³/mol. The van der Waals surface area contributed by atoms with E-state index in [0.29, 0.717) is 11.0 Å². The highest BCUT2D eigenvalue weighted by Gasteiger charge is 2.20. The summed E-state index contributed by atoms with van der Waals surface area (Å²) >= 11 is 3.15. The van der Waals surface area contributed by atoms with Crippen molar-refractivity contribution in [1.29, 1.82) is 0 Å². The molecule has 5 heteroatoms. The van der Waals surface area contributed by atoms with Gasteiger partial charge in [-0.15, -0.1) is 0 Å². The van der Waals surface area contributed by atoms with Gasteiger partial charge >= 0.3 is 0 Å². The monoisotopic (exact) mass is 327 g/mol. The van der Waals surface area contributed by atoms with Gasteiger partial charge in [0.1, 0.15) is 5.82 Å². The average Bonchev–Trinajstić information content (AvgIpc) is 3.21. The number of hydrogen-bond donors (Lipinski definition) is 2. The van der Waals surface area contributed by atoms with Crippen molar-refractivity contribution < 1.29 is 4.39 Å². The molecule has 2 N–H and O–H groups in total. The molecule has 1 fully saturated rings. The zero-order valence-electron chi connectivity index (χ0n) is 11.0. The molecule has 2 rings (SSSR count). The quantitative estimate of drug-likeness (QED) is 0.644. The Bertz CT molecular complexity index is 458. The Morgan fingerprint density at radius 3 is 2.84 bits per heavy atom. The molecule has 0 radical (unpaired) electrons. The van der Waals surface area contributed by atoms with Crippen molar-refractivity contribution in [2.45, 2.75) is 26.3 Å². The van der Waals surface area contributed by atoms with Gasteiger partial charge < -0.3 is 10.6 Å². The van der Waals surface area contributed by atoms with Crippen molar-refractivity contribution >= 4 is 21.9 Å². The first kappa shape index (κ1) is 14.3. The van der Waals surface area contributed by atoms with Gasteiger partial charge in [-0.3, -0.25) is 0 Å². The van der Waals surface area contributed by atoms with Crippen LogP contribution in [0.4, 0.5) is 4.39 Å². The summed E-state index contributed by atoms with van der Waals surface area (Å²) in [5, 5.41) is 6.51.